The SMILES string of the molecule is Cc1ccc(N)c(C(=O)Nc2cc(S(=O)(=O)O)cc3cc(S(=O)(=O)O)cc(O)c23)c1.[Na].[Na]. The maximum atomic E-state index is 12.7. The van der Waals surface area contributed by atoms with Crippen molar-refractivity contribution in [3.8, 4) is 5.75 Å². The number of anilines is 2. The van der Waals surface area contributed by atoms with Gasteiger partial charge in [-0.2, -0.15) is 16.8 Å². The Balaban J connectivity index is 0.00000256. The van der Waals surface area contributed by atoms with Gasteiger partial charge in [-0.25, -0.2) is 0 Å². The normalized spacial score (nSPS) is 11.3. The van der Waals surface area contributed by atoms with Crippen molar-refractivity contribution in [3.63, 3.8) is 0 Å². The monoisotopic (exact) mass is 498 g/mol. The van der Waals surface area contributed by atoms with Crippen molar-refractivity contribution in [2.45, 2.75) is 16.7 Å². The molecule has 0 saturated heterocycles. The Hall–Kier alpha value is -1.19. The summed E-state index contributed by atoms with van der Waals surface area (Å²) in [4.78, 5) is 11.3. The van der Waals surface area contributed by atoms with E-state index in [1.54, 1.807) is 13.0 Å². The van der Waals surface area contributed by atoms with Crippen LogP contribution in [-0.4, -0.2) is 96.1 Å². The van der Waals surface area contributed by atoms with E-state index in [2.05, 4.69) is 5.32 Å². The van der Waals surface area contributed by atoms with Gasteiger partial charge in [0.05, 0.1) is 21.0 Å². The molecule has 0 aliphatic carbocycles. The Morgan fingerprint density at radius 3 is 1.97 bits per heavy atom. The molecular weight excluding hydrogens is 482 g/mol. The number of hydrogen-bond acceptors (Lipinski definition) is 7. The van der Waals surface area contributed by atoms with Crippen molar-refractivity contribution >= 4 is 107 Å². The van der Waals surface area contributed by atoms with E-state index in [1.165, 1.54) is 12.1 Å². The fourth-order valence-electron chi connectivity index (χ4n) is 2.89. The van der Waals surface area contributed by atoms with Crippen LogP contribution in [0.2, 0.25) is 0 Å². The van der Waals surface area contributed by atoms with Crippen LogP contribution in [0.25, 0.3) is 10.8 Å². The first kappa shape index (κ1) is 28.8. The van der Waals surface area contributed by atoms with Gasteiger partial charge in [0.2, 0.25) is 0 Å². The summed E-state index contributed by atoms with van der Waals surface area (Å²) in [6.45, 7) is 1.73. The Morgan fingerprint density at radius 1 is 0.906 bits per heavy atom. The molecule has 2 radical (unpaired) electrons. The van der Waals surface area contributed by atoms with Crippen LogP contribution >= 0.6 is 0 Å². The van der Waals surface area contributed by atoms with Crippen molar-refractivity contribution < 1.29 is 35.8 Å². The van der Waals surface area contributed by atoms with Crippen molar-refractivity contribution in [2.75, 3.05) is 11.1 Å². The molecule has 0 bridgehead atoms. The molecule has 0 aliphatic heterocycles. The molecule has 0 heterocycles. The van der Waals surface area contributed by atoms with Crippen LogP contribution in [0.1, 0.15) is 15.9 Å². The molecule has 3 aromatic rings. The van der Waals surface area contributed by atoms with Crippen molar-refractivity contribution in [1.29, 1.82) is 0 Å². The topological polar surface area (TPSA) is 184 Å². The molecule has 0 atom stereocenters. The van der Waals surface area contributed by atoms with Crippen LogP contribution in [0.4, 0.5) is 11.4 Å². The van der Waals surface area contributed by atoms with E-state index >= 15 is 0 Å². The second-order valence-electron chi connectivity index (χ2n) is 6.51. The number of benzene rings is 3. The van der Waals surface area contributed by atoms with E-state index in [0.29, 0.717) is 0 Å². The first-order valence-electron chi connectivity index (χ1n) is 8.20. The Labute approximate surface area is 228 Å². The van der Waals surface area contributed by atoms with Gasteiger partial charge < -0.3 is 16.2 Å². The smallest absolute Gasteiger partial charge is 0.294 e. The summed E-state index contributed by atoms with van der Waals surface area (Å²) in [6, 6.07) is 8.09. The summed E-state index contributed by atoms with van der Waals surface area (Å²) < 4.78 is 64.8. The van der Waals surface area contributed by atoms with E-state index in [0.717, 1.165) is 29.8 Å². The number of nitrogens with one attached hydrogen (secondary N) is 1. The quantitative estimate of drug-likeness (QED) is 0.202. The molecule has 0 spiro atoms. The minimum atomic E-state index is -4.76. The molecule has 0 aliphatic rings. The summed E-state index contributed by atoms with van der Waals surface area (Å²) >= 11 is 0. The Kier molecular flexibility index (Phi) is 9.36. The largest absolute Gasteiger partial charge is 0.507 e. The summed E-state index contributed by atoms with van der Waals surface area (Å²) in [5, 5.41) is 12.4. The molecule has 0 saturated carbocycles. The number of hydrogen-bond donors (Lipinski definition) is 5. The van der Waals surface area contributed by atoms with Gasteiger partial charge in [0.25, 0.3) is 26.1 Å². The van der Waals surface area contributed by atoms with Gasteiger partial charge in [0.15, 0.2) is 0 Å². The van der Waals surface area contributed by atoms with Crippen molar-refractivity contribution in [2.24, 2.45) is 0 Å². The van der Waals surface area contributed by atoms with Crippen LogP contribution in [0.5, 0.6) is 5.75 Å². The van der Waals surface area contributed by atoms with Crippen LogP contribution in [0.15, 0.2) is 52.3 Å². The molecule has 32 heavy (non-hydrogen) atoms. The van der Waals surface area contributed by atoms with Crippen LogP contribution in [0.3, 0.4) is 0 Å². The number of aryl methyl sites for hydroxylation is 1. The molecular formula is C18H16N2Na2O8S2. The van der Waals surface area contributed by atoms with Crippen molar-refractivity contribution in [3.05, 3.63) is 53.6 Å². The summed E-state index contributed by atoms with van der Waals surface area (Å²) in [5.74, 6) is -1.39. The van der Waals surface area contributed by atoms with Gasteiger partial charge in [-0.15, -0.1) is 0 Å². The molecule has 0 aromatic heterocycles. The molecule has 3 aromatic carbocycles. The molecule has 0 fully saturated rings. The number of phenols is 1. The summed E-state index contributed by atoms with van der Waals surface area (Å²) in [5.41, 5.74) is 6.53. The van der Waals surface area contributed by atoms with E-state index in [1.807, 2.05) is 0 Å². The molecule has 160 valence electrons. The average Bonchev–Trinajstić information content (AvgIpc) is 2.61. The average molecular weight is 498 g/mol. The van der Waals surface area contributed by atoms with Gasteiger partial charge in [0.1, 0.15) is 5.75 Å². The third-order valence-electron chi connectivity index (χ3n) is 4.27. The van der Waals surface area contributed by atoms with E-state index in [-0.39, 0.29) is 86.8 Å². The minimum Gasteiger partial charge on any atom is -0.507 e. The molecule has 10 nitrogen and oxygen atoms in total. The second kappa shape index (κ2) is 10.4. The van der Waals surface area contributed by atoms with Crippen LogP contribution < -0.4 is 11.1 Å². The number of carbonyl (C=O) groups is 1. The third kappa shape index (κ3) is 6.23. The first-order valence-corrected chi connectivity index (χ1v) is 11.1. The fourth-order valence-corrected chi connectivity index (χ4v) is 3.97. The van der Waals surface area contributed by atoms with E-state index < -0.39 is 41.7 Å². The minimum absolute atomic E-state index is 0. The zero-order valence-corrected chi connectivity index (χ0v) is 23.0. The standard InChI is InChI=1S/C18H16N2O8S2.2Na/c1-9-2-3-14(19)13(4-9)18(22)20-15-7-11(29(23,24)25)5-10-6-12(30(26,27)28)8-16(21)17(10)15;;/h2-8,21H,19H2,1H3,(H,20,22)(H,23,24,25)(H,26,27,28);;. The number of fused-ring (bicyclic) bond motifs is 1. The number of amides is 1. The number of nitrogen functional groups attached to an aromatic ring is 1. The number of carbonyl (C=O) groups excluding carboxylic acids is 1. The molecule has 1 amide bonds. The van der Waals surface area contributed by atoms with Gasteiger partial charge in [-0.3, -0.25) is 13.9 Å². The first-order chi connectivity index (χ1) is 13.8. The van der Waals surface area contributed by atoms with E-state index in [9.17, 15) is 35.8 Å². The maximum Gasteiger partial charge on any atom is 0.294 e. The molecule has 0 unspecified atom stereocenters. The molecule has 6 N–H and O–H groups in total. The third-order valence-corrected chi connectivity index (χ3v) is 5.94. The Bertz CT molecular complexity index is 1420. The van der Waals surface area contributed by atoms with E-state index in [4.69, 9.17) is 5.73 Å². The van der Waals surface area contributed by atoms with Crippen LogP contribution in [0, 0.1) is 6.92 Å². The summed E-state index contributed by atoms with van der Waals surface area (Å²) in [7, 11) is -9.49. The van der Waals surface area contributed by atoms with Gasteiger partial charge in [0, 0.05) is 76.3 Å². The number of phenolic OH excluding ortho intramolecular Hbond substituents is 1. The number of nitrogens with two attached hydrogens (primary N) is 1. The number of aromatic hydroxyl groups is 1. The van der Waals surface area contributed by atoms with Gasteiger partial charge in [-0.05, 0) is 42.6 Å². The zero-order chi connectivity index (χ0) is 22.4. The Morgan fingerprint density at radius 2 is 1.44 bits per heavy atom. The molecule has 3 rings (SSSR count). The predicted octanol–water partition coefficient (Wildman–Crippen LogP) is 1.42. The maximum absolute atomic E-state index is 12.7. The fraction of sp³-hybridized carbons (Fsp3) is 0.0556. The van der Waals surface area contributed by atoms with Crippen molar-refractivity contribution in [1.82, 2.24) is 0 Å². The second-order valence-corrected chi connectivity index (χ2v) is 9.35. The molecule has 14 heteroatoms. The van der Waals surface area contributed by atoms with Gasteiger partial charge >= 0.3 is 0 Å². The number of rotatable bonds is 4. The zero-order valence-electron chi connectivity index (χ0n) is 17.3. The summed E-state index contributed by atoms with van der Waals surface area (Å²) in [6.07, 6.45) is 0. The predicted molar refractivity (Wildman–Crippen MR) is 120 cm³/mol. The van der Waals surface area contributed by atoms with Gasteiger partial charge in [-0.1, -0.05) is 11.6 Å². The van der Waals surface area contributed by atoms with Crippen LogP contribution in [-0.2, 0) is 20.2 Å².